The van der Waals surface area contributed by atoms with Gasteiger partial charge in [0.2, 0.25) is 5.88 Å². The van der Waals surface area contributed by atoms with E-state index in [1.165, 1.54) is 0 Å². The summed E-state index contributed by atoms with van der Waals surface area (Å²) in [6.45, 7) is 8.23. The highest BCUT2D eigenvalue weighted by atomic mass is 16.5. The fourth-order valence-corrected chi connectivity index (χ4v) is 1.33. The first kappa shape index (κ1) is 13.7. The second-order valence-electron chi connectivity index (χ2n) is 5.02. The van der Waals surface area contributed by atoms with E-state index in [4.69, 9.17) is 4.74 Å². The standard InChI is InChI=1S/C12H22N4O/c1-12(2,3)14-6-7-16(4)10-8-13-9-11(15-10)17-5/h8-9,14H,6-7H2,1-5H3. The number of nitrogens with one attached hydrogen (secondary N) is 1. The maximum atomic E-state index is 5.05. The van der Waals surface area contributed by atoms with Crippen LogP contribution >= 0.6 is 0 Å². The summed E-state index contributed by atoms with van der Waals surface area (Å²) in [6.07, 6.45) is 3.34. The zero-order valence-corrected chi connectivity index (χ0v) is 11.3. The van der Waals surface area contributed by atoms with Gasteiger partial charge in [-0.05, 0) is 20.8 Å². The summed E-state index contributed by atoms with van der Waals surface area (Å²) in [5.41, 5.74) is 0.140. The van der Waals surface area contributed by atoms with E-state index in [1.54, 1.807) is 19.5 Å². The molecule has 0 amide bonds. The Morgan fingerprint density at radius 3 is 2.65 bits per heavy atom. The minimum atomic E-state index is 0.140. The molecule has 1 heterocycles. The minimum Gasteiger partial charge on any atom is -0.480 e. The molecule has 0 bridgehead atoms. The van der Waals surface area contributed by atoms with Crippen LogP contribution in [0.25, 0.3) is 0 Å². The van der Waals surface area contributed by atoms with Gasteiger partial charge < -0.3 is 15.0 Å². The minimum absolute atomic E-state index is 0.140. The Morgan fingerprint density at radius 2 is 2.06 bits per heavy atom. The molecule has 1 N–H and O–H groups in total. The number of nitrogens with zero attached hydrogens (tertiary/aromatic N) is 3. The normalized spacial score (nSPS) is 11.4. The summed E-state index contributed by atoms with van der Waals surface area (Å²) in [5, 5.41) is 3.43. The van der Waals surface area contributed by atoms with Crippen molar-refractivity contribution >= 4 is 5.82 Å². The number of aromatic nitrogens is 2. The highest BCUT2D eigenvalue weighted by Gasteiger charge is 2.09. The summed E-state index contributed by atoms with van der Waals surface area (Å²) in [6, 6.07) is 0. The lowest BCUT2D eigenvalue weighted by Gasteiger charge is -2.24. The van der Waals surface area contributed by atoms with E-state index in [1.807, 2.05) is 11.9 Å². The van der Waals surface area contributed by atoms with Crippen molar-refractivity contribution in [2.24, 2.45) is 0 Å². The van der Waals surface area contributed by atoms with Crippen molar-refractivity contribution in [3.63, 3.8) is 0 Å². The van der Waals surface area contributed by atoms with Crippen LogP contribution in [0.15, 0.2) is 12.4 Å². The molecule has 0 radical (unpaired) electrons. The van der Waals surface area contributed by atoms with Gasteiger partial charge in [-0.1, -0.05) is 0 Å². The van der Waals surface area contributed by atoms with Gasteiger partial charge in [-0.25, -0.2) is 0 Å². The van der Waals surface area contributed by atoms with Crippen LogP contribution in [-0.2, 0) is 0 Å². The number of anilines is 1. The van der Waals surface area contributed by atoms with Crippen molar-refractivity contribution in [2.45, 2.75) is 26.3 Å². The molecule has 0 aliphatic heterocycles. The quantitative estimate of drug-likeness (QED) is 0.838. The van der Waals surface area contributed by atoms with Crippen LogP contribution < -0.4 is 15.0 Å². The SMILES string of the molecule is COc1cncc(N(C)CCNC(C)(C)C)n1. The van der Waals surface area contributed by atoms with Gasteiger partial charge in [-0.15, -0.1) is 0 Å². The molecule has 17 heavy (non-hydrogen) atoms. The highest BCUT2D eigenvalue weighted by Crippen LogP contribution is 2.11. The van der Waals surface area contributed by atoms with Gasteiger partial charge in [0.25, 0.3) is 0 Å². The molecule has 0 spiro atoms. The summed E-state index contributed by atoms with van der Waals surface area (Å²) in [7, 11) is 3.59. The van der Waals surface area contributed by atoms with Crippen molar-refractivity contribution in [2.75, 3.05) is 32.1 Å². The van der Waals surface area contributed by atoms with E-state index < -0.39 is 0 Å². The number of ether oxygens (including phenoxy) is 1. The van der Waals surface area contributed by atoms with Crippen LogP contribution in [0.3, 0.4) is 0 Å². The van der Waals surface area contributed by atoms with Crippen LogP contribution in [0.2, 0.25) is 0 Å². The lowest BCUT2D eigenvalue weighted by Crippen LogP contribution is -2.40. The molecule has 0 aliphatic carbocycles. The molecule has 0 fully saturated rings. The van der Waals surface area contributed by atoms with Crippen LogP contribution in [0.4, 0.5) is 5.82 Å². The average Bonchev–Trinajstić information content (AvgIpc) is 2.27. The van der Waals surface area contributed by atoms with Crippen molar-refractivity contribution in [3.8, 4) is 5.88 Å². The van der Waals surface area contributed by atoms with Gasteiger partial charge in [-0.2, -0.15) is 4.98 Å². The van der Waals surface area contributed by atoms with Gasteiger partial charge in [0.1, 0.15) is 0 Å². The molecule has 0 aromatic carbocycles. The fraction of sp³-hybridized carbons (Fsp3) is 0.667. The van der Waals surface area contributed by atoms with Crippen LogP contribution in [0, 0.1) is 0 Å². The van der Waals surface area contributed by atoms with Gasteiger partial charge >= 0.3 is 0 Å². The molecule has 1 aromatic heterocycles. The number of likely N-dealkylation sites (N-methyl/N-ethyl adjacent to an activating group) is 1. The van der Waals surface area contributed by atoms with Gasteiger partial charge in [-0.3, -0.25) is 4.98 Å². The molecule has 96 valence electrons. The Hall–Kier alpha value is -1.36. The fourth-order valence-electron chi connectivity index (χ4n) is 1.33. The molecule has 0 atom stereocenters. The molecule has 0 unspecified atom stereocenters. The Kier molecular flexibility index (Phi) is 4.69. The third kappa shape index (κ3) is 4.99. The average molecular weight is 238 g/mol. The van der Waals surface area contributed by atoms with E-state index in [0.717, 1.165) is 18.9 Å². The third-order valence-electron chi connectivity index (χ3n) is 2.30. The zero-order valence-electron chi connectivity index (χ0n) is 11.3. The lowest BCUT2D eigenvalue weighted by atomic mass is 10.1. The molecule has 0 saturated heterocycles. The van der Waals surface area contributed by atoms with Crippen molar-refractivity contribution < 1.29 is 4.74 Å². The maximum absolute atomic E-state index is 5.05. The summed E-state index contributed by atoms with van der Waals surface area (Å²) in [5.74, 6) is 1.36. The molecule has 5 heteroatoms. The predicted octanol–water partition coefficient (Wildman–Crippen LogP) is 1.31. The Balaban J connectivity index is 2.49. The number of hydrogen-bond acceptors (Lipinski definition) is 5. The first-order chi connectivity index (χ1) is 7.92. The number of hydrogen-bond donors (Lipinski definition) is 1. The number of methoxy groups -OCH3 is 1. The van der Waals surface area contributed by atoms with Crippen molar-refractivity contribution in [1.82, 2.24) is 15.3 Å². The molecule has 5 nitrogen and oxygen atoms in total. The third-order valence-corrected chi connectivity index (χ3v) is 2.30. The van der Waals surface area contributed by atoms with Gasteiger partial charge in [0.15, 0.2) is 5.82 Å². The van der Waals surface area contributed by atoms with E-state index >= 15 is 0 Å². The first-order valence-electron chi connectivity index (χ1n) is 5.74. The van der Waals surface area contributed by atoms with Gasteiger partial charge in [0, 0.05) is 25.7 Å². The van der Waals surface area contributed by atoms with Crippen molar-refractivity contribution in [1.29, 1.82) is 0 Å². The Morgan fingerprint density at radius 1 is 1.35 bits per heavy atom. The largest absolute Gasteiger partial charge is 0.480 e. The smallest absolute Gasteiger partial charge is 0.233 e. The van der Waals surface area contributed by atoms with E-state index in [0.29, 0.717) is 5.88 Å². The summed E-state index contributed by atoms with van der Waals surface area (Å²) < 4.78 is 5.05. The molecular formula is C12H22N4O. The number of rotatable bonds is 5. The van der Waals surface area contributed by atoms with E-state index in [9.17, 15) is 0 Å². The first-order valence-corrected chi connectivity index (χ1v) is 5.74. The van der Waals surface area contributed by atoms with Crippen molar-refractivity contribution in [3.05, 3.63) is 12.4 Å². The molecule has 1 rings (SSSR count). The van der Waals surface area contributed by atoms with Crippen LogP contribution in [-0.4, -0.2) is 42.8 Å². The Labute approximate surface area is 103 Å². The second kappa shape index (κ2) is 5.82. The Bertz CT molecular complexity index is 349. The highest BCUT2D eigenvalue weighted by molar-refractivity contribution is 5.36. The maximum Gasteiger partial charge on any atom is 0.233 e. The molecule has 0 saturated carbocycles. The van der Waals surface area contributed by atoms with Crippen LogP contribution in [0.5, 0.6) is 5.88 Å². The monoisotopic (exact) mass is 238 g/mol. The predicted molar refractivity (Wildman–Crippen MR) is 69.6 cm³/mol. The molecular weight excluding hydrogens is 216 g/mol. The summed E-state index contributed by atoms with van der Waals surface area (Å²) >= 11 is 0. The summed E-state index contributed by atoms with van der Waals surface area (Å²) in [4.78, 5) is 10.5. The van der Waals surface area contributed by atoms with E-state index in [-0.39, 0.29) is 5.54 Å². The zero-order chi connectivity index (χ0) is 12.9. The topological polar surface area (TPSA) is 50.3 Å². The molecule has 0 aliphatic rings. The molecule has 1 aromatic rings. The van der Waals surface area contributed by atoms with Gasteiger partial charge in [0.05, 0.1) is 19.5 Å². The lowest BCUT2D eigenvalue weighted by molar-refractivity contribution is 0.395. The van der Waals surface area contributed by atoms with Crippen LogP contribution in [0.1, 0.15) is 20.8 Å². The second-order valence-corrected chi connectivity index (χ2v) is 5.02. The van der Waals surface area contributed by atoms with E-state index in [2.05, 4.69) is 36.1 Å².